The normalized spacial score (nSPS) is 13.5. The van der Waals surface area contributed by atoms with Crippen LogP contribution in [-0.2, 0) is 4.74 Å². The fourth-order valence-electron chi connectivity index (χ4n) is 0.507. The van der Waals surface area contributed by atoms with Crippen LogP contribution in [0.15, 0.2) is 0 Å². The number of hydrogen-bond acceptors (Lipinski definition) is 4. The van der Waals surface area contributed by atoms with Gasteiger partial charge in [0.25, 0.3) is 0 Å². The van der Waals surface area contributed by atoms with E-state index in [-0.39, 0.29) is 6.61 Å². The van der Waals surface area contributed by atoms with Gasteiger partial charge in [-0.1, -0.05) is 0 Å². The van der Waals surface area contributed by atoms with E-state index in [0.717, 1.165) is 0 Å². The average molecular weight is 149 g/mol. The largest absolute Gasteiger partial charge is 0.394 e. The predicted octanol–water partition coefficient (Wildman–Crippen LogP) is -1.08. The first-order chi connectivity index (χ1) is 4.77. The monoisotopic (exact) mass is 149 g/mol. The number of hydrogen-bond donors (Lipinski definition) is 3. The van der Waals surface area contributed by atoms with Gasteiger partial charge in [-0.05, 0) is 6.92 Å². The van der Waals surface area contributed by atoms with E-state index < -0.39 is 6.23 Å². The molecule has 4 heteroatoms. The van der Waals surface area contributed by atoms with E-state index in [1.807, 2.05) is 0 Å². The number of ether oxygens (including phenoxy) is 1. The molecule has 0 saturated carbocycles. The molecule has 0 saturated heterocycles. The summed E-state index contributed by atoms with van der Waals surface area (Å²) < 4.78 is 4.91. The van der Waals surface area contributed by atoms with E-state index in [0.29, 0.717) is 19.8 Å². The van der Waals surface area contributed by atoms with Crippen molar-refractivity contribution in [3.63, 3.8) is 0 Å². The molecule has 0 aliphatic carbocycles. The lowest BCUT2D eigenvalue weighted by Gasteiger charge is -2.06. The highest BCUT2D eigenvalue weighted by Gasteiger charge is 1.91. The lowest BCUT2D eigenvalue weighted by Crippen LogP contribution is -2.29. The Hall–Kier alpha value is -0.160. The maximum absolute atomic E-state index is 8.69. The van der Waals surface area contributed by atoms with Crippen molar-refractivity contribution in [1.82, 2.24) is 5.32 Å². The molecule has 10 heavy (non-hydrogen) atoms. The molecule has 0 aromatic rings. The van der Waals surface area contributed by atoms with Crippen molar-refractivity contribution >= 4 is 0 Å². The summed E-state index contributed by atoms with van der Waals surface area (Å²) in [6.45, 7) is 3.19. The summed E-state index contributed by atoms with van der Waals surface area (Å²) in [7, 11) is 0. The summed E-state index contributed by atoms with van der Waals surface area (Å²) >= 11 is 0. The molecule has 4 nitrogen and oxygen atoms in total. The lowest BCUT2D eigenvalue weighted by molar-refractivity contribution is 0.0807. The first kappa shape index (κ1) is 9.84. The molecule has 0 aromatic heterocycles. The van der Waals surface area contributed by atoms with Crippen LogP contribution in [0.25, 0.3) is 0 Å². The van der Waals surface area contributed by atoms with Crippen LogP contribution in [0.1, 0.15) is 6.92 Å². The highest BCUT2D eigenvalue weighted by Crippen LogP contribution is 1.73. The molecule has 62 valence electrons. The Bertz CT molecular complexity index is 68.0. The smallest absolute Gasteiger partial charge is 0.102 e. The molecule has 0 aromatic carbocycles. The first-order valence-corrected chi connectivity index (χ1v) is 3.37. The van der Waals surface area contributed by atoms with Crippen LogP contribution in [0.5, 0.6) is 0 Å². The molecule has 1 atom stereocenters. The van der Waals surface area contributed by atoms with Gasteiger partial charge in [0, 0.05) is 6.54 Å². The van der Waals surface area contributed by atoms with Gasteiger partial charge in [0.05, 0.1) is 19.8 Å². The molecule has 3 N–H and O–H groups in total. The van der Waals surface area contributed by atoms with Crippen LogP contribution >= 0.6 is 0 Å². The van der Waals surface area contributed by atoms with E-state index >= 15 is 0 Å². The van der Waals surface area contributed by atoms with Crippen molar-refractivity contribution in [2.75, 3.05) is 26.4 Å². The Labute approximate surface area is 60.8 Å². The van der Waals surface area contributed by atoms with Crippen molar-refractivity contribution in [3.8, 4) is 0 Å². The molecule has 0 spiro atoms. The van der Waals surface area contributed by atoms with Gasteiger partial charge >= 0.3 is 0 Å². The highest BCUT2D eigenvalue weighted by molar-refractivity contribution is 4.43. The fraction of sp³-hybridized carbons (Fsp3) is 1.00. The standard InChI is InChI=1S/C6H15NO3/c1-6(9)7-2-4-10-5-3-8/h6-9H,2-5H2,1H3. The minimum atomic E-state index is -0.488. The van der Waals surface area contributed by atoms with E-state index in [4.69, 9.17) is 14.9 Å². The maximum Gasteiger partial charge on any atom is 0.102 e. The maximum atomic E-state index is 8.69. The van der Waals surface area contributed by atoms with Crippen LogP contribution in [-0.4, -0.2) is 42.8 Å². The summed E-state index contributed by atoms with van der Waals surface area (Å²) in [5.74, 6) is 0. The summed E-state index contributed by atoms with van der Waals surface area (Å²) in [5, 5.41) is 19.7. The number of nitrogens with one attached hydrogen (secondary N) is 1. The van der Waals surface area contributed by atoms with Gasteiger partial charge in [0.15, 0.2) is 0 Å². The van der Waals surface area contributed by atoms with Crippen LogP contribution in [0.3, 0.4) is 0 Å². The van der Waals surface area contributed by atoms with Gasteiger partial charge in [-0.3, -0.25) is 5.32 Å². The van der Waals surface area contributed by atoms with Gasteiger partial charge in [0.1, 0.15) is 6.23 Å². The summed E-state index contributed by atoms with van der Waals surface area (Å²) in [4.78, 5) is 0. The van der Waals surface area contributed by atoms with Crippen molar-refractivity contribution in [2.24, 2.45) is 0 Å². The zero-order chi connectivity index (χ0) is 7.82. The third-order valence-corrected chi connectivity index (χ3v) is 0.922. The van der Waals surface area contributed by atoms with Crippen LogP contribution < -0.4 is 5.32 Å². The zero-order valence-corrected chi connectivity index (χ0v) is 6.21. The Morgan fingerprint density at radius 2 is 2.20 bits per heavy atom. The first-order valence-electron chi connectivity index (χ1n) is 3.37. The molecule has 1 unspecified atom stereocenters. The Morgan fingerprint density at radius 3 is 2.70 bits per heavy atom. The van der Waals surface area contributed by atoms with Crippen molar-refractivity contribution in [3.05, 3.63) is 0 Å². The van der Waals surface area contributed by atoms with E-state index in [2.05, 4.69) is 5.32 Å². The van der Waals surface area contributed by atoms with Crippen LogP contribution in [0.4, 0.5) is 0 Å². The molecular weight excluding hydrogens is 134 g/mol. The van der Waals surface area contributed by atoms with Crippen molar-refractivity contribution in [1.29, 1.82) is 0 Å². The minimum Gasteiger partial charge on any atom is -0.394 e. The topological polar surface area (TPSA) is 61.7 Å². The third-order valence-electron chi connectivity index (χ3n) is 0.922. The predicted molar refractivity (Wildman–Crippen MR) is 37.6 cm³/mol. The quantitative estimate of drug-likeness (QED) is 0.332. The molecular formula is C6H15NO3. The Kier molecular flexibility index (Phi) is 6.84. The molecule has 0 bridgehead atoms. The second kappa shape index (κ2) is 6.95. The molecule has 0 aliphatic heterocycles. The minimum absolute atomic E-state index is 0.0503. The van der Waals surface area contributed by atoms with E-state index in [1.54, 1.807) is 6.92 Å². The molecule has 0 fully saturated rings. The second-order valence-electron chi connectivity index (χ2n) is 1.97. The number of rotatable bonds is 6. The van der Waals surface area contributed by atoms with Gasteiger partial charge in [-0.15, -0.1) is 0 Å². The summed E-state index contributed by atoms with van der Waals surface area (Å²) in [6.07, 6.45) is -0.488. The van der Waals surface area contributed by atoms with Gasteiger partial charge in [-0.2, -0.15) is 0 Å². The van der Waals surface area contributed by atoms with Gasteiger partial charge < -0.3 is 14.9 Å². The highest BCUT2D eigenvalue weighted by atomic mass is 16.5. The Morgan fingerprint density at radius 1 is 1.50 bits per heavy atom. The fourth-order valence-corrected chi connectivity index (χ4v) is 0.507. The molecule has 0 radical (unpaired) electrons. The second-order valence-corrected chi connectivity index (χ2v) is 1.97. The van der Waals surface area contributed by atoms with Crippen LogP contribution in [0.2, 0.25) is 0 Å². The number of aliphatic hydroxyl groups is 2. The van der Waals surface area contributed by atoms with Crippen molar-refractivity contribution < 1.29 is 14.9 Å². The molecule has 0 amide bonds. The average Bonchev–Trinajstić information content (AvgIpc) is 1.87. The third kappa shape index (κ3) is 7.84. The van der Waals surface area contributed by atoms with Gasteiger partial charge in [-0.25, -0.2) is 0 Å². The van der Waals surface area contributed by atoms with E-state index in [1.165, 1.54) is 0 Å². The lowest BCUT2D eigenvalue weighted by atomic mass is 10.6. The zero-order valence-electron chi connectivity index (χ0n) is 6.21. The molecule has 0 rings (SSSR count). The Balaban J connectivity index is 2.77. The van der Waals surface area contributed by atoms with Crippen molar-refractivity contribution in [2.45, 2.75) is 13.2 Å². The van der Waals surface area contributed by atoms with E-state index in [9.17, 15) is 0 Å². The number of aliphatic hydroxyl groups excluding tert-OH is 2. The molecule has 0 heterocycles. The SMILES string of the molecule is CC(O)NCCOCCO. The van der Waals surface area contributed by atoms with Gasteiger partial charge in [0.2, 0.25) is 0 Å². The summed E-state index contributed by atoms with van der Waals surface area (Å²) in [5.41, 5.74) is 0. The molecule has 0 aliphatic rings. The summed E-state index contributed by atoms with van der Waals surface area (Å²) in [6, 6.07) is 0. The van der Waals surface area contributed by atoms with Crippen LogP contribution in [0, 0.1) is 0 Å².